The number of quaternary nitrogens is 1. The van der Waals surface area contributed by atoms with E-state index in [4.69, 9.17) is 13.8 Å². The third-order valence-electron chi connectivity index (χ3n) is 3.43. The maximum absolute atomic E-state index is 11.8. The minimum atomic E-state index is -4.24. The summed E-state index contributed by atoms with van der Waals surface area (Å²) in [7, 11) is 1.54. The molecule has 0 rings (SSSR count). The van der Waals surface area contributed by atoms with Gasteiger partial charge in [-0.05, 0) is 6.42 Å². The van der Waals surface area contributed by atoms with Gasteiger partial charge in [-0.3, -0.25) is 13.8 Å². The van der Waals surface area contributed by atoms with Crippen LogP contribution in [-0.2, 0) is 23.1 Å². The van der Waals surface area contributed by atoms with Crippen LogP contribution in [0, 0.1) is 0 Å². The molecule has 0 aliphatic rings. The number of phosphoric acid groups is 1. The molecule has 25 heavy (non-hydrogen) atoms. The molecule has 0 aliphatic carbocycles. The van der Waals surface area contributed by atoms with Crippen LogP contribution >= 0.6 is 7.82 Å². The summed E-state index contributed by atoms with van der Waals surface area (Å²) in [6, 6.07) is 0. The molecule has 2 atom stereocenters. The highest BCUT2D eigenvalue weighted by Gasteiger charge is 2.25. The van der Waals surface area contributed by atoms with Crippen LogP contribution in [0.15, 0.2) is 0 Å². The number of aliphatic hydroxyl groups is 1. The van der Waals surface area contributed by atoms with Crippen molar-refractivity contribution in [3.05, 3.63) is 0 Å². The number of rotatable bonds is 15. The lowest BCUT2D eigenvalue weighted by atomic mass is 10.1. The van der Waals surface area contributed by atoms with Gasteiger partial charge in [0.2, 0.25) is 0 Å². The van der Waals surface area contributed by atoms with Crippen LogP contribution < -0.4 is 0 Å². The van der Waals surface area contributed by atoms with Crippen molar-refractivity contribution >= 4 is 13.8 Å². The summed E-state index contributed by atoms with van der Waals surface area (Å²) in [5.74, 6) is -0.446. The Kier molecular flexibility index (Phi) is 12.5. The molecular weight excluding hydrogens is 349 g/mol. The van der Waals surface area contributed by atoms with Crippen LogP contribution in [0.2, 0.25) is 0 Å². The largest absolute Gasteiger partial charge is 0.472 e. The van der Waals surface area contributed by atoms with Crippen molar-refractivity contribution in [2.24, 2.45) is 0 Å². The molecule has 0 saturated heterocycles. The number of hydrogen-bond donors (Lipinski definition) is 2. The Morgan fingerprint density at radius 2 is 1.76 bits per heavy atom. The Morgan fingerprint density at radius 1 is 1.12 bits per heavy atom. The number of phosphoric ester groups is 1. The van der Waals surface area contributed by atoms with E-state index in [1.165, 1.54) is 0 Å². The third kappa shape index (κ3) is 15.5. The van der Waals surface area contributed by atoms with Crippen LogP contribution in [0.3, 0.4) is 0 Å². The number of aliphatic hydroxyl groups excluding tert-OH is 1. The fourth-order valence-corrected chi connectivity index (χ4v) is 2.63. The summed E-state index contributed by atoms with van der Waals surface area (Å²) >= 11 is 0. The molecule has 0 aliphatic heterocycles. The fourth-order valence-electron chi connectivity index (χ4n) is 1.89. The second-order valence-electron chi connectivity index (χ2n) is 7.07. The highest BCUT2D eigenvalue weighted by molar-refractivity contribution is 7.47. The molecule has 0 aromatic heterocycles. The lowest BCUT2D eigenvalue weighted by molar-refractivity contribution is -0.870. The molecule has 0 saturated carbocycles. The van der Waals surface area contributed by atoms with Crippen molar-refractivity contribution in [3.63, 3.8) is 0 Å². The molecule has 0 aromatic rings. The maximum atomic E-state index is 11.8. The molecule has 2 N–H and O–H groups in total. The van der Waals surface area contributed by atoms with Crippen LogP contribution in [0.5, 0.6) is 0 Å². The predicted molar refractivity (Wildman–Crippen MR) is 95.0 cm³/mol. The highest BCUT2D eigenvalue weighted by Crippen LogP contribution is 2.43. The monoisotopic (exact) mass is 384 g/mol. The number of hydrogen-bond acceptors (Lipinski definition) is 6. The standard InChI is InChI=1S/C16H34NO7P/c1-5-6-7-8-9-10-16(19)24-15(13-18)14-23-25(20,21)22-12-11-17(2,3)4/h15,18H,5-14H2,1-4H3/p+1/t15-/m1/s1. The maximum Gasteiger partial charge on any atom is 0.472 e. The van der Waals surface area contributed by atoms with Gasteiger partial charge in [0.1, 0.15) is 19.3 Å². The Hall–Kier alpha value is -0.500. The zero-order chi connectivity index (χ0) is 19.3. The SMILES string of the molecule is CCCCCCCC(=O)O[C@H](CO)COP(=O)(O)OCC[N+](C)(C)C. The fraction of sp³-hybridized carbons (Fsp3) is 0.938. The summed E-state index contributed by atoms with van der Waals surface area (Å²) in [6.07, 6.45) is 4.31. The summed E-state index contributed by atoms with van der Waals surface area (Å²) in [5.41, 5.74) is 0. The van der Waals surface area contributed by atoms with E-state index in [2.05, 4.69) is 6.92 Å². The van der Waals surface area contributed by atoms with Gasteiger partial charge in [0, 0.05) is 6.42 Å². The Balaban J connectivity index is 4.05. The topological polar surface area (TPSA) is 102 Å². The second-order valence-corrected chi connectivity index (χ2v) is 8.52. The summed E-state index contributed by atoms with van der Waals surface area (Å²) < 4.78 is 27.1. The molecule has 0 heterocycles. The van der Waals surface area contributed by atoms with E-state index in [9.17, 15) is 19.4 Å². The van der Waals surface area contributed by atoms with Crippen molar-refractivity contribution in [1.29, 1.82) is 0 Å². The van der Waals surface area contributed by atoms with Crippen LogP contribution in [0.1, 0.15) is 45.4 Å². The molecule has 9 heteroatoms. The highest BCUT2D eigenvalue weighted by atomic mass is 31.2. The number of nitrogens with zero attached hydrogens (tertiary/aromatic N) is 1. The Labute approximate surface area is 151 Å². The van der Waals surface area contributed by atoms with Crippen molar-refractivity contribution in [3.8, 4) is 0 Å². The van der Waals surface area contributed by atoms with Gasteiger partial charge in [-0.25, -0.2) is 4.57 Å². The zero-order valence-corrected chi connectivity index (χ0v) is 16.9. The van der Waals surface area contributed by atoms with Crippen molar-refractivity contribution in [1.82, 2.24) is 0 Å². The summed E-state index contributed by atoms with van der Waals surface area (Å²) in [5, 5.41) is 9.22. The van der Waals surface area contributed by atoms with E-state index in [1.807, 2.05) is 21.1 Å². The minimum absolute atomic E-state index is 0.0542. The molecule has 0 spiro atoms. The molecule has 0 amide bonds. The summed E-state index contributed by atoms with van der Waals surface area (Å²) in [4.78, 5) is 21.3. The van der Waals surface area contributed by atoms with E-state index >= 15 is 0 Å². The first-order valence-corrected chi connectivity index (χ1v) is 10.3. The molecule has 0 fully saturated rings. The minimum Gasteiger partial charge on any atom is -0.457 e. The summed E-state index contributed by atoms with van der Waals surface area (Å²) in [6.45, 7) is 1.82. The predicted octanol–water partition coefficient (Wildman–Crippen LogP) is 2.09. The molecule has 0 radical (unpaired) electrons. The Bertz CT molecular complexity index is 412. The smallest absolute Gasteiger partial charge is 0.457 e. The normalized spacial score (nSPS) is 15.6. The third-order valence-corrected chi connectivity index (χ3v) is 4.41. The van der Waals surface area contributed by atoms with E-state index in [1.54, 1.807) is 0 Å². The molecule has 8 nitrogen and oxygen atoms in total. The van der Waals surface area contributed by atoms with Crippen molar-refractivity contribution in [2.45, 2.75) is 51.6 Å². The van der Waals surface area contributed by atoms with E-state index in [0.29, 0.717) is 11.0 Å². The second kappa shape index (κ2) is 12.8. The van der Waals surface area contributed by atoms with Gasteiger partial charge < -0.3 is 19.2 Å². The first-order chi connectivity index (χ1) is 11.6. The lowest BCUT2D eigenvalue weighted by Crippen LogP contribution is -2.37. The van der Waals surface area contributed by atoms with Crippen molar-refractivity contribution in [2.75, 3.05) is 47.5 Å². The molecule has 0 bridgehead atoms. The molecular formula is C16H35NO7P+. The van der Waals surface area contributed by atoms with Gasteiger partial charge >= 0.3 is 13.8 Å². The number of carbonyl (C=O) groups excluding carboxylic acids is 1. The lowest BCUT2D eigenvalue weighted by Gasteiger charge is -2.24. The zero-order valence-electron chi connectivity index (χ0n) is 16.0. The number of esters is 1. The van der Waals surface area contributed by atoms with E-state index in [-0.39, 0.29) is 13.0 Å². The van der Waals surface area contributed by atoms with Gasteiger partial charge in [-0.1, -0.05) is 32.6 Å². The number of carbonyl (C=O) groups is 1. The quantitative estimate of drug-likeness (QED) is 0.193. The van der Waals surface area contributed by atoms with Gasteiger partial charge in [0.05, 0.1) is 34.4 Å². The molecule has 150 valence electrons. The van der Waals surface area contributed by atoms with E-state index < -0.39 is 33.1 Å². The van der Waals surface area contributed by atoms with Crippen LogP contribution in [-0.4, -0.2) is 74.1 Å². The van der Waals surface area contributed by atoms with Crippen molar-refractivity contribution < 1.29 is 37.6 Å². The number of likely N-dealkylation sites (N-methyl/N-ethyl adjacent to an activating group) is 1. The molecule has 0 aromatic carbocycles. The van der Waals surface area contributed by atoms with E-state index in [0.717, 1.165) is 32.1 Å². The Morgan fingerprint density at radius 3 is 2.32 bits per heavy atom. The first kappa shape index (κ1) is 24.5. The molecule has 1 unspecified atom stereocenters. The van der Waals surface area contributed by atoms with Gasteiger partial charge in [-0.2, -0.15) is 0 Å². The average Bonchev–Trinajstić information content (AvgIpc) is 2.49. The van der Waals surface area contributed by atoms with Gasteiger partial charge in [0.25, 0.3) is 0 Å². The van der Waals surface area contributed by atoms with Gasteiger partial charge in [-0.15, -0.1) is 0 Å². The van der Waals surface area contributed by atoms with Gasteiger partial charge in [0.15, 0.2) is 0 Å². The first-order valence-electron chi connectivity index (χ1n) is 8.82. The van der Waals surface area contributed by atoms with Crippen LogP contribution in [0.4, 0.5) is 0 Å². The number of ether oxygens (including phenoxy) is 1. The average molecular weight is 384 g/mol. The van der Waals surface area contributed by atoms with Crippen LogP contribution in [0.25, 0.3) is 0 Å². The number of unbranched alkanes of at least 4 members (excludes halogenated alkanes) is 4.